The lowest BCUT2D eigenvalue weighted by Crippen LogP contribution is -2.51. The van der Waals surface area contributed by atoms with Crippen molar-refractivity contribution in [2.75, 3.05) is 26.4 Å². The van der Waals surface area contributed by atoms with E-state index in [1.165, 1.54) is 0 Å². The minimum atomic E-state index is -0.121. The number of aliphatic hydroxyl groups excluding tert-OH is 1. The summed E-state index contributed by atoms with van der Waals surface area (Å²) in [4.78, 5) is 13.7. The number of amides is 1. The van der Waals surface area contributed by atoms with Crippen molar-refractivity contribution >= 4 is 5.91 Å². The zero-order valence-electron chi connectivity index (χ0n) is 8.48. The molecule has 0 aromatic carbocycles. The number of morpholine rings is 1. The van der Waals surface area contributed by atoms with Crippen LogP contribution in [0, 0.1) is 11.8 Å². The number of carbonyl (C=O) groups excluding carboxylic acids is 1. The molecule has 3 atom stereocenters. The average Bonchev–Trinajstić information content (AvgIpc) is 2.94. The molecule has 2 rings (SSSR count). The second kappa shape index (κ2) is 3.87. The first-order valence-electron chi connectivity index (χ1n) is 5.23. The van der Waals surface area contributed by atoms with Gasteiger partial charge < -0.3 is 14.7 Å². The van der Waals surface area contributed by atoms with Crippen molar-refractivity contribution in [1.29, 1.82) is 0 Å². The van der Waals surface area contributed by atoms with Crippen LogP contribution in [0.2, 0.25) is 0 Å². The Morgan fingerprint density at radius 2 is 2.36 bits per heavy atom. The lowest BCUT2D eigenvalue weighted by molar-refractivity contribution is -0.143. The molecule has 4 heteroatoms. The highest BCUT2D eigenvalue weighted by Gasteiger charge is 2.43. The van der Waals surface area contributed by atoms with Crippen molar-refractivity contribution in [3.05, 3.63) is 0 Å². The molecule has 1 aliphatic carbocycles. The van der Waals surface area contributed by atoms with E-state index in [0.29, 0.717) is 25.7 Å². The first-order valence-corrected chi connectivity index (χ1v) is 5.23. The molecule has 14 heavy (non-hydrogen) atoms. The normalized spacial score (nSPS) is 37.0. The van der Waals surface area contributed by atoms with Gasteiger partial charge in [-0.05, 0) is 12.3 Å². The molecule has 1 aliphatic heterocycles. The van der Waals surface area contributed by atoms with Gasteiger partial charge in [-0.3, -0.25) is 4.79 Å². The lowest BCUT2D eigenvalue weighted by atomic mass is 10.2. The molecule has 1 saturated carbocycles. The molecule has 0 radical (unpaired) electrons. The van der Waals surface area contributed by atoms with Crippen molar-refractivity contribution in [3.63, 3.8) is 0 Å². The van der Waals surface area contributed by atoms with Gasteiger partial charge in [0.25, 0.3) is 0 Å². The molecule has 0 aromatic heterocycles. The van der Waals surface area contributed by atoms with Crippen LogP contribution in [0.15, 0.2) is 0 Å². The van der Waals surface area contributed by atoms with E-state index in [-0.39, 0.29) is 24.5 Å². The number of rotatable bonds is 2. The van der Waals surface area contributed by atoms with E-state index < -0.39 is 0 Å². The molecule has 2 fully saturated rings. The van der Waals surface area contributed by atoms with Crippen LogP contribution in [0.5, 0.6) is 0 Å². The molecule has 1 heterocycles. The molecule has 4 nitrogen and oxygen atoms in total. The molecule has 2 aliphatic rings. The van der Waals surface area contributed by atoms with Crippen LogP contribution < -0.4 is 0 Å². The predicted octanol–water partition coefficient (Wildman–Crippen LogP) is -0.138. The maximum Gasteiger partial charge on any atom is 0.226 e. The van der Waals surface area contributed by atoms with Crippen LogP contribution in [-0.4, -0.2) is 48.3 Å². The van der Waals surface area contributed by atoms with Gasteiger partial charge >= 0.3 is 0 Å². The second-order valence-corrected chi connectivity index (χ2v) is 4.26. The highest BCUT2D eigenvalue weighted by molar-refractivity contribution is 5.82. The van der Waals surface area contributed by atoms with Gasteiger partial charge in [0.2, 0.25) is 5.91 Å². The van der Waals surface area contributed by atoms with Gasteiger partial charge in [0, 0.05) is 12.5 Å². The standard InChI is InChI=1S/C10H17NO3/c1-7-4-9(7)10(13)11-2-3-14-6-8(11)5-12/h7-9,12H,2-6H2,1H3. The van der Waals surface area contributed by atoms with Crippen LogP contribution in [0.4, 0.5) is 0 Å². The number of hydrogen-bond donors (Lipinski definition) is 1. The third-order valence-corrected chi connectivity index (χ3v) is 3.15. The fraction of sp³-hybridized carbons (Fsp3) is 0.900. The first-order chi connectivity index (χ1) is 6.74. The largest absolute Gasteiger partial charge is 0.394 e. The number of nitrogens with zero attached hydrogens (tertiary/aromatic N) is 1. The molecule has 3 unspecified atom stereocenters. The van der Waals surface area contributed by atoms with Crippen molar-refractivity contribution in [3.8, 4) is 0 Å². The van der Waals surface area contributed by atoms with E-state index in [4.69, 9.17) is 9.84 Å². The summed E-state index contributed by atoms with van der Waals surface area (Å²) in [6.45, 7) is 3.81. The Balaban J connectivity index is 1.96. The summed E-state index contributed by atoms with van der Waals surface area (Å²) in [5.74, 6) is 0.951. The highest BCUT2D eigenvalue weighted by Crippen LogP contribution is 2.39. The van der Waals surface area contributed by atoms with Gasteiger partial charge in [-0.2, -0.15) is 0 Å². The molecule has 0 spiro atoms. The molecule has 0 bridgehead atoms. The van der Waals surface area contributed by atoms with Crippen molar-refractivity contribution in [2.45, 2.75) is 19.4 Å². The highest BCUT2D eigenvalue weighted by atomic mass is 16.5. The Hall–Kier alpha value is -0.610. The van der Waals surface area contributed by atoms with Gasteiger partial charge in [-0.25, -0.2) is 0 Å². The summed E-state index contributed by atoms with van der Waals surface area (Å²) in [6, 6.07) is -0.121. The molecule has 0 aromatic rings. The lowest BCUT2D eigenvalue weighted by Gasteiger charge is -2.34. The van der Waals surface area contributed by atoms with E-state index in [1.807, 2.05) is 0 Å². The SMILES string of the molecule is CC1CC1C(=O)N1CCOCC1CO. The van der Waals surface area contributed by atoms with Gasteiger partial charge in [0.05, 0.1) is 25.9 Å². The summed E-state index contributed by atoms with van der Waals surface area (Å²) in [5.41, 5.74) is 0. The summed E-state index contributed by atoms with van der Waals surface area (Å²) in [7, 11) is 0. The molecule has 1 amide bonds. The maximum absolute atomic E-state index is 11.9. The van der Waals surface area contributed by atoms with Gasteiger partial charge in [0.1, 0.15) is 0 Å². The van der Waals surface area contributed by atoms with Crippen molar-refractivity contribution < 1.29 is 14.6 Å². The molecule has 1 saturated heterocycles. The predicted molar refractivity (Wildman–Crippen MR) is 50.7 cm³/mol. The first kappa shape index (κ1) is 9.93. The maximum atomic E-state index is 11.9. The Kier molecular flexibility index (Phi) is 2.74. The fourth-order valence-electron chi connectivity index (χ4n) is 1.98. The van der Waals surface area contributed by atoms with Gasteiger partial charge in [-0.1, -0.05) is 6.92 Å². The van der Waals surface area contributed by atoms with E-state index in [9.17, 15) is 4.79 Å². The van der Waals surface area contributed by atoms with Crippen LogP contribution in [0.3, 0.4) is 0 Å². The van der Waals surface area contributed by atoms with E-state index >= 15 is 0 Å². The Morgan fingerprint density at radius 3 is 2.93 bits per heavy atom. The summed E-state index contributed by atoms with van der Waals surface area (Å²) < 4.78 is 5.23. The van der Waals surface area contributed by atoms with Crippen molar-refractivity contribution in [2.24, 2.45) is 11.8 Å². The summed E-state index contributed by atoms with van der Waals surface area (Å²) in [6.07, 6.45) is 1.01. The van der Waals surface area contributed by atoms with Crippen molar-refractivity contribution in [1.82, 2.24) is 4.90 Å². The molecule has 80 valence electrons. The Morgan fingerprint density at radius 1 is 1.64 bits per heavy atom. The summed E-state index contributed by atoms with van der Waals surface area (Å²) in [5, 5.41) is 9.10. The third-order valence-electron chi connectivity index (χ3n) is 3.15. The average molecular weight is 199 g/mol. The molecular weight excluding hydrogens is 182 g/mol. The Bertz CT molecular complexity index is 231. The number of carbonyl (C=O) groups is 1. The quantitative estimate of drug-likeness (QED) is 0.673. The van der Waals surface area contributed by atoms with Crippen LogP contribution in [-0.2, 0) is 9.53 Å². The number of ether oxygens (including phenoxy) is 1. The third kappa shape index (κ3) is 1.77. The topological polar surface area (TPSA) is 49.8 Å². The monoisotopic (exact) mass is 199 g/mol. The summed E-state index contributed by atoms with van der Waals surface area (Å²) >= 11 is 0. The van der Waals surface area contributed by atoms with E-state index in [2.05, 4.69) is 6.92 Å². The van der Waals surface area contributed by atoms with Crippen LogP contribution in [0.1, 0.15) is 13.3 Å². The van der Waals surface area contributed by atoms with E-state index in [0.717, 1.165) is 6.42 Å². The van der Waals surface area contributed by atoms with Crippen LogP contribution in [0.25, 0.3) is 0 Å². The number of aliphatic hydroxyl groups is 1. The zero-order chi connectivity index (χ0) is 10.1. The van der Waals surface area contributed by atoms with Crippen LogP contribution >= 0.6 is 0 Å². The smallest absolute Gasteiger partial charge is 0.226 e. The minimum Gasteiger partial charge on any atom is -0.394 e. The van der Waals surface area contributed by atoms with Gasteiger partial charge in [-0.15, -0.1) is 0 Å². The van der Waals surface area contributed by atoms with E-state index in [1.54, 1.807) is 4.90 Å². The van der Waals surface area contributed by atoms with Gasteiger partial charge in [0.15, 0.2) is 0 Å². The molecule has 1 N–H and O–H groups in total. The Labute approximate surface area is 83.8 Å². The fourth-order valence-corrected chi connectivity index (χ4v) is 1.98. The minimum absolute atomic E-state index is 0.00679. The zero-order valence-corrected chi connectivity index (χ0v) is 8.48. The molecular formula is C10H17NO3. The second-order valence-electron chi connectivity index (χ2n) is 4.26. The number of hydrogen-bond acceptors (Lipinski definition) is 3.